The average molecular weight is 254 g/mol. The van der Waals surface area contributed by atoms with Gasteiger partial charge in [-0.15, -0.1) is 0 Å². The van der Waals surface area contributed by atoms with Gasteiger partial charge in [-0.25, -0.2) is 0 Å². The molecule has 0 N–H and O–H groups in total. The van der Waals surface area contributed by atoms with Crippen molar-refractivity contribution >= 4 is 14.6 Å². The van der Waals surface area contributed by atoms with E-state index in [9.17, 15) is 0 Å². The summed E-state index contributed by atoms with van der Waals surface area (Å²) in [4.78, 5) is 0. The van der Waals surface area contributed by atoms with Crippen LogP contribution in [0.2, 0.25) is 13.1 Å². The van der Waals surface area contributed by atoms with Gasteiger partial charge in [-0.2, -0.15) is 0 Å². The summed E-state index contributed by atoms with van der Waals surface area (Å²) >= 11 is 0. The fourth-order valence-electron chi connectivity index (χ4n) is 1.81. The van der Waals surface area contributed by atoms with E-state index < -0.39 is 9.04 Å². The summed E-state index contributed by atoms with van der Waals surface area (Å²) in [6.07, 6.45) is 0. The minimum atomic E-state index is -1.02. The molecule has 2 aromatic rings. The molecule has 2 rings (SSSR count). The van der Waals surface area contributed by atoms with Crippen molar-refractivity contribution in [2.24, 2.45) is 0 Å². The summed E-state index contributed by atoms with van der Waals surface area (Å²) in [6.45, 7) is 8.48. The van der Waals surface area contributed by atoms with E-state index in [2.05, 4.69) is 43.9 Å². The minimum absolute atomic E-state index is 0.960. The highest BCUT2D eigenvalue weighted by molar-refractivity contribution is 6.49. The van der Waals surface area contributed by atoms with Crippen LogP contribution in [0.1, 0.15) is 11.1 Å². The number of hydrogen-bond acceptors (Lipinski definition) is 1. The monoisotopic (exact) mass is 254 g/mol. The van der Waals surface area contributed by atoms with E-state index >= 15 is 0 Å². The number of benzene rings is 2. The van der Waals surface area contributed by atoms with E-state index in [0.29, 0.717) is 0 Å². The van der Waals surface area contributed by atoms with E-state index in [1.165, 1.54) is 0 Å². The second-order valence-electron chi connectivity index (χ2n) is 4.54. The lowest BCUT2D eigenvalue weighted by molar-refractivity contribution is 0.580. The Morgan fingerprint density at radius 1 is 0.889 bits per heavy atom. The van der Waals surface area contributed by atoms with Crippen molar-refractivity contribution in [3.05, 3.63) is 72.3 Å². The van der Waals surface area contributed by atoms with Gasteiger partial charge in [0.25, 0.3) is 0 Å². The van der Waals surface area contributed by atoms with Crippen LogP contribution in [0.3, 0.4) is 0 Å². The van der Waals surface area contributed by atoms with E-state index in [-0.39, 0.29) is 0 Å². The van der Waals surface area contributed by atoms with Gasteiger partial charge >= 0.3 is 0 Å². The molecule has 0 atom stereocenters. The molecule has 1 nitrogen and oxygen atoms in total. The van der Waals surface area contributed by atoms with Gasteiger partial charge < -0.3 is 4.43 Å². The zero-order valence-corrected chi connectivity index (χ0v) is 12.0. The maximum absolute atomic E-state index is 5.76. The molecule has 0 heterocycles. The molecular formula is C16H18OSi. The summed E-state index contributed by atoms with van der Waals surface area (Å²) < 4.78 is 5.76. The summed E-state index contributed by atoms with van der Waals surface area (Å²) in [7, 11) is -1.02. The molecule has 0 aliphatic rings. The summed E-state index contributed by atoms with van der Waals surface area (Å²) in [5.41, 5.74) is 3.34. The molecule has 0 saturated heterocycles. The Morgan fingerprint density at radius 3 is 2.00 bits per heavy atom. The maximum atomic E-state index is 5.76. The van der Waals surface area contributed by atoms with Crippen LogP contribution in [0, 0.1) is 0 Å². The van der Waals surface area contributed by atoms with Crippen LogP contribution in [0.4, 0.5) is 0 Å². The fourth-order valence-corrected chi connectivity index (χ4v) is 2.51. The summed E-state index contributed by atoms with van der Waals surface area (Å²) in [5, 5.41) is 0. The van der Waals surface area contributed by atoms with Crippen LogP contribution in [0.25, 0.3) is 5.57 Å². The Labute approximate surface area is 110 Å². The van der Waals surface area contributed by atoms with Crippen molar-refractivity contribution in [3.8, 4) is 5.75 Å². The van der Waals surface area contributed by atoms with Crippen LogP contribution in [-0.2, 0) is 0 Å². The van der Waals surface area contributed by atoms with Gasteiger partial charge in [0.1, 0.15) is 5.75 Å². The molecule has 0 amide bonds. The van der Waals surface area contributed by atoms with Crippen molar-refractivity contribution in [1.29, 1.82) is 0 Å². The van der Waals surface area contributed by atoms with Crippen molar-refractivity contribution in [3.63, 3.8) is 0 Å². The highest BCUT2D eigenvalue weighted by atomic mass is 28.3. The summed E-state index contributed by atoms with van der Waals surface area (Å²) in [5.74, 6) is 0.960. The maximum Gasteiger partial charge on any atom is 0.229 e. The molecule has 0 radical (unpaired) electrons. The lowest BCUT2D eigenvalue weighted by atomic mass is 10.00. The fraction of sp³-hybridized carbons (Fsp3) is 0.125. The van der Waals surface area contributed by atoms with Gasteiger partial charge in [-0.05, 0) is 41.9 Å². The average Bonchev–Trinajstić information content (AvgIpc) is 2.39. The van der Waals surface area contributed by atoms with E-state index in [0.717, 1.165) is 22.4 Å². The molecule has 18 heavy (non-hydrogen) atoms. The van der Waals surface area contributed by atoms with Gasteiger partial charge in [0.2, 0.25) is 9.04 Å². The third-order valence-electron chi connectivity index (χ3n) is 2.70. The van der Waals surface area contributed by atoms with Gasteiger partial charge in [-0.3, -0.25) is 0 Å². The quantitative estimate of drug-likeness (QED) is 0.746. The van der Waals surface area contributed by atoms with Crippen LogP contribution in [0.15, 0.2) is 61.2 Å². The van der Waals surface area contributed by atoms with Crippen molar-refractivity contribution in [2.45, 2.75) is 13.1 Å². The van der Waals surface area contributed by atoms with E-state index in [1.54, 1.807) is 0 Å². The molecule has 0 aliphatic carbocycles. The molecule has 92 valence electrons. The summed E-state index contributed by atoms with van der Waals surface area (Å²) in [6, 6.07) is 18.4. The number of rotatable bonds is 4. The second kappa shape index (κ2) is 5.69. The Morgan fingerprint density at radius 2 is 1.44 bits per heavy atom. The third-order valence-corrected chi connectivity index (χ3v) is 3.44. The van der Waals surface area contributed by atoms with Crippen molar-refractivity contribution in [2.75, 3.05) is 0 Å². The van der Waals surface area contributed by atoms with Crippen LogP contribution >= 0.6 is 0 Å². The van der Waals surface area contributed by atoms with Gasteiger partial charge in [0.05, 0.1) is 0 Å². The molecule has 2 aromatic carbocycles. The van der Waals surface area contributed by atoms with E-state index in [1.807, 2.05) is 30.3 Å². The first kappa shape index (κ1) is 12.6. The number of hydrogen-bond donors (Lipinski definition) is 0. The van der Waals surface area contributed by atoms with Crippen molar-refractivity contribution < 1.29 is 4.43 Å². The first-order valence-electron chi connectivity index (χ1n) is 6.18. The minimum Gasteiger partial charge on any atom is -0.547 e. The van der Waals surface area contributed by atoms with Crippen LogP contribution < -0.4 is 4.43 Å². The zero-order valence-electron chi connectivity index (χ0n) is 10.9. The largest absolute Gasteiger partial charge is 0.547 e. The zero-order chi connectivity index (χ0) is 13.0. The predicted octanol–water partition coefficient (Wildman–Crippen LogP) is 4.11. The molecule has 0 aromatic heterocycles. The Kier molecular flexibility index (Phi) is 4.00. The predicted molar refractivity (Wildman–Crippen MR) is 80.5 cm³/mol. The van der Waals surface area contributed by atoms with Crippen molar-refractivity contribution in [1.82, 2.24) is 0 Å². The second-order valence-corrected chi connectivity index (χ2v) is 6.87. The Hall–Kier alpha value is -1.80. The van der Waals surface area contributed by atoms with Gasteiger partial charge in [-0.1, -0.05) is 49.0 Å². The normalized spacial score (nSPS) is 10.4. The van der Waals surface area contributed by atoms with Crippen LogP contribution in [-0.4, -0.2) is 9.04 Å². The molecular weight excluding hydrogens is 236 g/mol. The first-order valence-corrected chi connectivity index (χ1v) is 8.96. The lowest BCUT2D eigenvalue weighted by Gasteiger charge is -2.11. The highest BCUT2D eigenvalue weighted by Crippen LogP contribution is 2.23. The van der Waals surface area contributed by atoms with E-state index in [4.69, 9.17) is 4.43 Å². The Bertz CT molecular complexity index is 515. The first-order chi connectivity index (χ1) is 8.66. The SMILES string of the molecule is C=C(c1ccccc1)c1ccc(O[SiH](C)C)cc1. The van der Waals surface area contributed by atoms with Gasteiger partial charge in [0, 0.05) is 0 Å². The van der Waals surface area contributed by atoms with Crippen LogP contribution in [0.5, 0.6) is 5.75 Å². The molecule has 0 bridgehead atoms. The molecule has 0 aliphatic heterocycles. The van der Waals surface area contributed by atoms with Gasteiger partial charge in [0.15, 0.2) is 0 Å². The highest BCUT2D eigenvalue weighted by Gasteiger charge is 2.03. The molecule has 0 unspecified atom stereocenters. The molecule has 2 heteroatoms. The third kappa shape index (κ3) is 3.11. The molecule has 0 spiro atoms. The lowest BCUT2D eigenvalue weighted by Crippen LogP contribution is -2.10. The Balaban J connectivity index is 2.17. The molecule has 0 fully saturated rings. The molecule has 0 saturated carbocycles. The smallest absolute Gasteiger partial charge is 0.229 e. The topological polar surface area (TPSA) is 9.23 Å². The standard InChI is InChI=1S/C16H18OSi/c1-13(14-7-5-4-6-8-14)15-9-11-16(12-10-15)17-18(2)3/h4-12,18H,1H2,2-3H3.